The minimum Gasteiger partial charge on any atom is -0.334 e. The molecule has 4 aromatic rings. The van der Waals surface area contributed by atoms with Crippen molar-refractivity contribution in [2.24, 2.45) is 14.1 Å². The second-order valence-corrected chi connectivity index (χ2v) is 8.95. The number of nitrogens with zero attached hydrogens (tertiary/aromatic N) is 4. The Kier molecular flexibility index (Phi) is 4.95. The third kappa shape index (κ3) is 3.61. The van der Waals surface area contributed by atoms with Gasteiger partial charge in [-0.3, -0.25) is 9.40 Å². The van der Waals surface area contributed by atoms with Crippen LogP contribution in [0.1, 0.15) is 11.4 Å². The molecule has 0 saturated heterocycles. The number of hydrogen-bond donors (Lipinski definition) is 1. The van der Waals surface area contributed by atoms with Gasteiger partial charge in [0.05, 0.1) is 40.2 Å². The van der Waals surface area contributed by atoms with Crippen molar-refractivity contribution in [1.82, 2.24) is 19.3 Å². The molecule has 2 aromatic heterocycles. The van der Waals surface area contributed by atoms with Gasteiger partial charge in [-0.15, -0.1) is 0 Å². The van der Waals surface area contributed by atoms with Gasteiger partial charge in [0.2, 0.25) is 0 Å². The van der Waals surface area contributed by atoms with E-state index in [1.165, 1.54) is 0 Å². The van der Waals surface area contributed by atoms with Crippen molar-refractivity contribution < 1.29 is 8.42 Å². The highest BCUT2D eigenvalue weighted by Gasteiger charge is 2.19. The molecule has 0 radical (unpaired) electrons. The predicted molar refractivity (Wildman–Crippen MR) is 118 cm³/mol. The monoisotopic (exact) mass is 421 g/mol. The van der Waals surface area contributed by atoms with Gasteiger partial charge in [0.15, 0.2) is 0 Å². The fraction of sp³-hybridized carbons (Fsp3) is 0.182. The molecule has 0 aliphatic heterocycles. The zero-order chi connectivity index (χ0) is 21.5. The Morgan fingerprint density at radius 1 is 0.933 bits per heavy atom. The van der Waals surface area contributed by atoms with Crippen LogP contribution in [0.3, 0.4) is 0 Å². The van der Waals surface area contributed by atoms with Crippen molar-refractivity contribution >= 4 is 15.7 Å². The molecule has 4 rings (SSSR count). The number of hydrogen-bond acceptors (Lipinski definition) is 4. The maximum atomic E-state index is 12.9. The van der Waals surface area contributed by atoms with Gasteiger partial charge in [0.1, 0.15) is 0 Å². The van der Waals surface area contributed by atoms with E-state index in [9.17, 15) is 8.42 Å². The Morgan fingerprint density at radius 2 is 1.63 bits per heavy atom. The number of nitrogens with one attached hydrogen (secondary N) is 1. The van der Waals surface area contributed by atoms with Gasteiger partial charge in [-0.05, 0) is 43.2 Å². The highest BCUT2D eigenvalue weighted by molar-refractivity contribution is 7.92. The molecule has 0 fully saturated rings. The summed E-state index contributed by atoms with van der Waals surface area (Å²) in [5, 5.41) is 4.26. The number of rotatable bonds is 5. The second-order valence-electron chi connectivity index (χ2n) is 7.27. The molecular formula is C22H23N5O2S. The molecule has 30 heavy (non-hydrogen) atoms. The first-order valence-corrected chi connectivity index (χ1v) is 10.9. The van der Waals surface area contributed by atoms with Crippen LogP contribution in [0.25, 0.3) is 22.4 Å². The number of aryl methyl sites for hydroxylation is 3. The topological polar surface area (TPSA) is 81.8 Å². The van der Waals surface area contributed by atoms with Gasteiger partial charge < -0.3 is 4.57 Å². The minimum atomic E-state index is -3.71. The van der Waals surface area contributed by atoms with E-state index in [2.05, 4.69) is 20.9 Å². The van der Waals surface area contributed by atoms with Crippen LogP contribution in [-0.4, -0.2) is 27.7 Å². The van der Waals surface area contributed by atoms with Crippen LogP contribution in [0.15, 0.2) is 66.0 Å². The van der Waals surface area contributed by atoms with Gasteiger partial charge in [-0.25, -0.2) is 13.4 Å². The quantitative estimate of drug-likeness (QED) is 0.530. The van der Waals surface area contributed by atoms with E-state index in [0.717, 1.165) is 28.1 Å². The summed E-state index contributed by atoms with van der Waals surface area (Å²) in [6.07, 6.45) is 3.59. The third-order valence-corrected chi connectivity index (χ3v) is 6.58. The van der Waals surface area contributed by atoms with Crippen LogP contribution in [-0.2, 0) is 24.1 Å². The summed E-state index contributed by atoms with van der Waals surface area (Å²) in [5.41, 5.74) is 5.93. The maximum absolute atomic E-state index is 12.9. The van der Waals surface area contributed by atoms with E-state index >= 15 is 0 Å². The Labute approximate surface area is 176 Å². The number of sulfonamides is 1. The molecule has 0 unspecified atom stereocenters. The van der Waals surface area contributed by atoms with E-state index in [0.29, 0.717) is 11.4 Å². The molecule has 0 amide bonds. The number of imidazole rings is 1. The van der Waals surface area contributed by atoms with Crippen LogP contribution in [0, 0.1) is 13.8 Å². The summed E-state index contributed by atoms with van der Waals surface area (Å²) in [6.45, 7) is 3.61. The lowest BCUT2D eigenvalue weighted by Gasteiger charge is -2.10. The minimum absolute atomic E-state index is 0.205. The van der Waals surface area contributed by atoms with Gasteiger partial charge >= 0.3 is 0 Å². The van der Waals surface area contributed by atoms with E-state index in [1.54, 1.807) is 37.1 Å². The van der Waals surface area contributed by atoms with Gasteiger partial charge in [0.25, 0.3) is 10.0 Å². The van der Waals surface area contributed by atoms with E-state index in [4.69, 9.17) is 0 Å². The molecule has 2 heterocycles. The number of aromatic nitrogens is 4. The van der Waals surface area contributed by atoms with Gasteiger partial charge in [-0.1, -0.05) is 30.3 Å². The Hall–Kier alpha value is -3.39. The van der Waals surface area contributed by atoms with Crippen LogP contribution < -0.4 is 4.72 Å². The first-order valence-electron chi connectivity index (χ1n) is 9.46. The molecular weight excluding hydrogens is 398 g/mol. The predicted octanol–water partition coefficient (Wildman–Crippen LogP) is 3.91. The SMILES string of the molecule is Cc1nn(C)c(C)c1NS(=O)(=O)c1ccc(-c2cccc(-c3cncn3C)c2)cc1. The summed E-state index contributed by atoms with van der Waals surface area (Å²) in [6, 6.07) is 15.0. The van der Waals surface area contributed by atoms with Crippen molar-refractivity contribution in [2.45, 2.75) is 18.7 Å². The number of anilines is 1. The van der Waals surface area contributed by atoms with Crippen LogP contribution in [0.2, 0.25) is 0 Å². The molecule has 0 aliphatic carbocycles. The normalized spacial score (nSPS) is 11.6. The Bertz CT molecular complexity index is 1320. The summed E-state index contributed by atoms with van der Waals surface area (Å²) >= 11 is 0. The van der Waals surface area contributed by atoms with Crippen molar-refractivity contribution in [3.63, 3.8) is 0 Å². The second kappa shape index (κ2) is 7.46. The molecule has 0 atom stereocenters. The highest BCUT2D eigenvalue weighted by Crippen LogP contribution is 2.28. The first-order chi connectivity index (χ1) is 14.3. The maximum Gasteiger partial charge on any atom is 0.262 e. The van der Waals surface area contributed by atoms with Crippen molar-refractivity contribution in [3.8, 4) is 22.4 Å². The van der Waals surface area contributed by atoms with Crippen molar-refractivity contribution in [2.75, 3.05) is 4.72 Å². The lowest BCUT2D eigenvalue weighted by molar-refractivity contribution is 0.601. The highest BCUT2D eigenvalue weighted by atomic mass is 32.2. The van der Waals surface area contributed by atoms with Crippen LogP contribution in [0.4, 0.5) is 5.69 Å². The lowest BCUT2D eigenvalue weighted by Crippen LogP contribution is -2.14. The zero-order valence-corrected chi connectivity index (χ0v) is 18.1. The molecule has 1 N–H and O–H groups in total. The fourth-order valence-electron chi connectivity index (χ4n) is 3.43. The Morgan fingerprint density at radius 3 is 2.23 bits per heavy atom. The van der Waals surface area contributed by atoms with Crippen LogP contribution >= 0.6 is 0 Å². The molecule has 7 nitrogen and oxygen atoms in total. The Balaban J connectivity index is 1.62. The summed E-state index contributed by atoms with van der Waals surface area (Å²) < 4.78 is 32.0. The summed E-state index contributed by atoms with van der Waals surface area (Å²) in [7, 11) is 0.0299. The smallest absolute Gasteiger partial charge is 0.262 e. The molecule has 0 saturated carbocycles. The van der Waals surface area contributed by atoms with Crippen molar-refractivity contribution in [1.29, 1.82) is 0 Å². The van der Waals surface area contributed by atoms with E-state index in [1.807, 2.05) is 55.1 Å². The molecule has 8 heteroatoms. The standard InChI is InChI=1S/C22H23N5O2S/c1-15-22(16(2)27(4)24-15)25-30(28,29)20-10-8-17(9-11-20)18-6-5-7-19(12-18)21-13-23-14-26(21)3/h5-14,25H,1-4H3. The third-order valence-electron chi connectivity index (χ3n) is 5.22. The van der Waals surface area contributed by atoms with Gasteiger partial charge in [0, 0.05) is 19.7 Å². The lowest BCUT2D eigenvalue weighted by atomic mass is 10.0. The average molecular weight is 422 g/mol. The largest absolute Gasteiger partial charge is 0.334 e. The number of benzene rings is 2. The molecule has 154 valence electrons. The molecule has 0 spiro atoms. The fourth-order valence-corrected chi connectivity index (χ4v) is 4.61. The molecule has 0 aliphatic rings. The zero-order valence-electron chi connectivity index (χ0n) is 17.3. The van der Waals surface area contributed by atoms with E-state index < -0.39 is 10.0 Å². The van der Waals surface area contributed by atoms with E-state index in [-0.39, 0.29) is 4.90 Å². The molecule has 2 aromatic carbocycles. The average Bonchev–Trinajstić information content (AvgIpc) is 3.26. The first kappa shape index (κ1) is 19.9. The van der Waals surface area contributed by atoms with Crippen LogP contribution in [0.5, 0.6) is 0 Å². The molecule has 0 bridgehead atoms. The summed E-state index contributed by atoms with van der Waals surface area (Å²) in [5.74, 6) is 0. The van der Waals surface area contributed by atoms with Crippen molar-refractivity contribution in [3.05, 3.63) is 72.4 Å². The summed E-state index contributed by atoms with van der Waals surface area (Å²) in [4.78, 5) is 4.38. The van der Waals surface area contributed by atoms with Gasteiger partial charge in [-0.2, -0.15) is 5.10 Å².